The summed E-state index contributed by atoms with van der Waals surface area (Å²) >= 11 is 20.8. The molecule has 1 aromatic carbocycles. The lowest BCUT2D eigenvalue weighted by atomic mass is 10.0. The lowest BCUT2D eigenvalue weighted by Gasteiger charge is -2.15. The number of hydrogen-bond acceptors (Lipinski definition) is 7. The minimum absolute atomic E-state index is 0.129. The Morgan fingerprint density at radius 3 is 1.79 bits per heavy atom. The molecule has 0 saturated carbocycles. The minimum Gasteiger partial charge on any atom is -0.361 e. The quantitative estimate of drug-likeness (QED) is 0.0557. The van der Waals surface area contributed by atoms with Gasteiger partial charge in [0.05, 0.1) is 16.3 Å². The van der Waals surface area contributed by atoms with Gasteiger partial charge in [-0.25, -0.2) is 9.97 Å². The van der Waals surface area contributed by atoms with E-state index in [1.54, 1.807) is 25.8 Å². The van der Waals surface area contributed by atoms with Crippen LogP contribution in [0, 0.1) is 3.57 Å². The standard InChI is InChI=1S/C21H25Cl2N5O2Si.C13H19ClIN3O2Si/c1-26-20(29)17-15(13-6-7-16-14(10-13)18(22)27(2)25-16)11-28(19(17)24-21(26)23)12-30-8-9-31(3,4)5;1-17-12(19)10-9(15)7-18(11(10)16-13(17)14)8-20-5-6-21(2,3)4/h6-7,10-11H,8-9,12H2,1-5H3;7H,5-6,8H2,1-4H3. The molecule has 12 nitrogen and oxygen atoms in total. The topological polar surface area (TPSA) is 116 Å². The van der Waals surface area contributed by atoms with Gasteiger partial charge in [0.1, 0.15) is 18.6 Å². The Labute approximate surface area is 332 Å². The fourth-order valence-electron chi connectivity index (χ4n) is 5.37. The fourth-order valence-corrected chi connectivity index (χ4v) is 8.19. The molecule has 0 aliphatic heterocycles. The van der Waals surface area contributed by atoms with E-state index in [4.69, 9.17) is 44.3 Å². The van der Waals surface area contributed by atoms with Gasteiger partial charge >= 0.3 is 0 Å². The minimum atomic E-state index is -1.20. The summed E-state index contributed by atoms with van der Waals surface area (Å²) in [5.74, 6) is 0. The van der Waals surface area contributed by atoms with E-state index >= 15 is 0 Å². The molecular weight excluding hydrogens is 874 g/mol. The summed E-state index contributed by atoms with van der Waals surface area (Å²) in [6, 6.07) is 7.96. The molecule has 0 saturated heterocycles. The van der Waals surface area contributed by atoms with Crippen molar-refractivity contribution in [3.63, 3.8) is 0 Å². The summed E-state index contributed by atoms with van der Waals surface area (Å²) in [4.78, 5) is 34.1. The molecule has 6 rings (SSSR count). The number of rotatable bonds is 11. The lowest BCUT2D eigenvalue weighted by Crippen LogP contribution is -2.22. The van der Waals surface area contributed by atoms with Crippen LogP contribution in [0.1, 0.15) is 0 Å². The number of ether oxygens (including phenoxy) is 2. The van der Waals surface area contributed by atoms with Gasteiger partial charge in [0, 0.05) is 77.4 Å². The van der Waals surface area contributed by atoms with Gasteiger partial charge in [-0.05, 0) is 75.6 Å². The van der Waals surface area contributed by atoms with Gasteiger partial charge in [-0.15, -0.1) is 0 Å². The highest BCUT2D eigenvalue weighted by molar-refractivity contribution is 14.1. The first-order valence-corrected chi connectivity index (χ1v) is 26.3. The van der Waals surface area contributed by atoms with Crippen molar-refractivity contribution in [3.8, 4) is 11.1 Å². The SMILES string of the molecule is Cn1c(Cl)nc2c(c(I)cn2COCC[Si](C)(C)C)c1=O.Cn1nc2ccc(-c3cn(COCC[Si](C)(C)C)c4nc(Cl)n(C)c(=O)c34)cc2c1Cl. The van der Waals surface area contributed by atoms with Crippen LogP contribution in [-0.4, -0.2) is 67.4 Å². The van der Waals surface area contributed by atoms with Crippen molar-refractivity contribution in [3.05, 3.63) is 70.6 Å². The summed E-state index contributed by atoms with van der Waals surface area (Å²) in [5, 5.41) is 7.18. The molecule has 0 unspecified atom stereocenters. The second-order valence-electron chi connectivity index (χ2n) is 15.2. The third kappa shape index (κ3) is 9.05. The average Bonchev–Trinajstić information content (AvgIpc) is 3.68. The maximum atomic E-state index is 13.1. The van der Waals surface area contributed by atoms with Gasteiger partial charge in [-0.3, -0.25) is 23.4 Å². The Kier molecular flexibility index (Phi) is 12.6. The predicted octanol–water partition coefficient (Wildman–Crippen LogP) is 8.21. The maximum Gasteiger partial charge on any atom is 0.264 e. The molecule has 0 bridgehead atoms. The van der Waals surface area contributed by atoms with Crippen molar-refractivity contribution in [2.75, 3.05) is 13.2 Å². The van der Waals surface area contributed by atoms with Crippen molar-refractivity contribution < 1.29 is 9.47 Å². The van der Waals surface area contributed by atoms with Crippen LogP contribution in [0.2, 0.25) is 67.1 Å². The first kappa shape index (κ1) is 40.7. The van der Waals surface area contributed by atoms with Crippen molar-refractivity contribution in [1.82, 2.24) is 38.0 Å². The number of benzene rings is 1. The first-order valence-electron chi connectivity index (χ1n) is 16.7. The number of fused-ring (bicyclic) bond motifs is 3. The Balaban J connectivity index is 0.000000217. The average molecular weight is 918 g/mol. The monoisotopic (exact) mass is 916 g/mol. The summed E-state index contributed by atoms with van der Waals surface area (Å²) in [5.41, 5.74) is 3.17. The molecule has 5 heterocycles. The molecule has 52 heavy (non-hydrogen) atoms. The molecule has 0 fully saturated rings. The molecule has 6 aromatic rings. The highest BCUT2D eigenvalue weighted by Gasteiger charge is 2.20. The Hall–Kier alpha value is -2.52. The van der Waals surface area contributed by atoms with Gasteiger partial charge in [0.2, 0.25) is 10.6 Å². The molecule has 0 amide bonds. The molecule has 0 radical (unpaired) electrons. The molecule has 5 aromatic heterocycles. The number of hydrogen-bond donors (Lipinski definition) is 0. The van der Waals surface area contributed by atoms with Crippen LogP contribution in [0.15, 0.2) is 40.2 Å². The van der Waals surface area contributed by atoms with Crippen molar-refractivity contribution >= 4 is 107 Å². The molecule has 0 N–H and O–H groups in total. The molecule has 0 spiro atoms. The van der Waals surface area contributed by atoms with E-state index in [2.05, 4.69) is 76.9 Å². The maximum absolute atomic E-state index is 13.1. The van der Waals surface area contributed by atoms with Crippen LogP contribution in [0.25, 0.3) is 44.1 Å². The van der Waals surface area contributed by atoms with Gasteiger partial charge in [-0.2, -0.15) is 5.10 Å². The van der Waals surface area contributed by atoms with Crippen molar-refractivity contribution in [1.29, 1.82) is 0 Å². The van der Waals surface area contributed by atoms with E-state index in [1.807, 2.05) is 39.7 Å². The Bertz CT molecular complexity index is 2390. The van der Waals surface area contributed by atoms with Crippen LogP contribution in [0.4, 0.5) is 0 Å². The number of nitrogens with zero attached hydrogens (tertiary/aromatic N) is 8. The smallest absolute Gasteiger partial charge is 0.264 e. The highest BCUT2D eigenvalue weighted by atomic mass is 127. The number of aromatic nitrogens is 8. The molecule has 0 aliphatic rings. The normalized spacial score (nSPS) is 12.3. The second kappa shape index (κ2) is 16.1. The van der Waals surface area contributed by atoms with E-state index in [0.29, 0.717) is 47.3 Å². The van der Waals surface area contributed by atoms with Crippen LogP contribution < -0.4 is 11.1 Å². The van der Waals surface area contributed by atoms with E-state index in [1.165, 1.54) is 9.13 Å². The van der Waals surface area contributed by atoms with E-state index < -0.39 is 16.1 Å². The molecule has 18 heteroatoms. The molecule has 0 atom stereocenters. The fraction of sp³-hybridized carbons (Fsp3) is 0.441. The van der Waals surface area contributed by atoms with Crippen LogP contribution >= 0.6 is 57.4 Å². The van der Waals surface area contributed by atoms with Crippen LogP contribution in [0.3, 0.4) is 0 Å². The highest BCUT2D eigenvalue weighted by Crippen LogP contribution is 2.33. The zero-order chi connectivity index (χ0) is 38.3. The van der Waals surface area contributed by atoms with Crippen molar-refractivity contribution in [2.45, 2.75) is 64.8 Å². The number of aryl methyl sites for hydroxylation is 1. The Morgan fingerprint density at radius 2 is 1.25 bits per heavy atom. The summed E-state index contributed by atoms with van der Waals surface area (Å²) in [6.45, 7) is 16.0. The molecule has 0 aliphatic carbocycles. The third-order valence-electron chi connectivity index (χ3n) is 8.57. The van der Waals surface area contributed by atoms with E-state index in [0.717, 1.165) is 44.3 Å². The second-order valence-corrected chi connectivity index (χ2v) is 28.6. The van der Waals surface area contributed by atoms with Gasteiger partial charge < -0.3 is 18.6 Å². The van der Waals surface area contributed by atoms with Gasteiger partial charge in [0.15, 0.2) is 11.3 Å². The molecule has 280 valence electrons. The Morgan fingerprint density at radius 1 is 0.750 bits per heavy atom. The summed E-state index contributed by atoms with van der Waals surface area (Å²) in [6.07, 6.45) is 3.78. The largest absolute Gasteiger partial charge is 0.361 e. The number of halogens is 4. The summed E-state index contributed by atoms with van der Waals surface area (Å²) in [7, 11) is 2.74. The van der Waals surface area contributed by atoms with Crippen LogP contribution in [0.5, 0.6) is 0 Å². The molecular formula is C34H44Cl3IN8O4Si2. The first-order chi connectivity index (χ1) is 24.3. The van der Waals surface area contributed by atoms with Gasteiger partial charge in [-0.1, -0.05) is 56.9 Å². The zero-order valence-corrected chi connectivity index (χ0v) is 37.3. The third-order valence-corrected chi connectivity index (χ3v) is 13.9. The zero-order valence-electron chi connectivity index (χ0n) is 30.9. The van der Waals surface area contributed by atoms with E-state index in [9.17, 15) is 9.59 Å². The predicted molar refractivity (Wildman–Crippen MR) is 226 cm³/mol. The van der Waals surface area contributed by atoms with Gasteiger partial charge in [0.25, 0.3) is 11.1 Å². The summed E-state index contributed by atoms with van der Waals surface area (Å²) < 4.78 is 20.5. The van der Waals surface area contributed by atoms with Crippen LogP contribution in [-0.2, 0) is 44.1 Å². The van der Waals surface area contributed by atoms with Crippen molar-refractivity contribution in [2.24, 2.45) is 21.1 Å². The lowest BCUT2D eigenvalue weighted by molar-refractivity contribution is 0.0897. The van der Waals surface area contributed by atoms with E-state index in [-0.39, 0.29) is 21.7 Å².